The Balaban J connectivity index is 3.06. The molecule has 0 rings (SSSR count). The molecule has 0 aromatic carbocycles. The Morgan fingerprint density at radius 3 is 0.829 bits per heavy atom. The number of hydrogen-bond donors (Lipinski definition) is 3. The third-order valence-corrected chi connectivity index (χ3v) is 9.24. The van der Waals surface area contributed by atoms with Gasteiger partial charge in [0, 0.05) is 4.20 Å². The monoisotopic (exact) mass is 636 g/mol. The van der Waals surface area contributed by atoms with E-state index in [-0.39, 0.29) is 6.61 Å². The number of hydrogen-bond acceptors (Lipinski definition) is 3. The molecule has 0 unspecified atom stereocenters. The molecule has 0 aromatic heterocycles. The molecule has 0 aliphatic heterocycles. The minimum atomic E-state index is -4.27. The molecule has 0 aliphatic carbocycles. The van der Waals surface area contributed by atoms with Crippen LogP contribution in [0.5, 0.6) is 0 Å². The molecule has 0 aromatic rings. The fraction of sp³-hybridized carbons (Fsp3) is 0.971. The zero-order valence-electron chi connectivity index (χ0n) is 26.8. The van der Waals surface area contributed by atoms with Crippen molar-refractivity contribution in [1.29, 1.82) is 0 Å². The zero-order valence-corrected chi connectivity index (χ0v) is 29.5. The van der Waals surface area contributed by atoms with Crippen LogP contribution >= 0.6 is 32.7 Å². The Morgan fingerprint density at radius 2 is 0.634 bits per heavy atom. The van der Waals surface area contributed by atoms with E-state index in [4.69, 9.17) is 22.0 Å². The fourth-order valence-corrected chi connectivity index (χ4v) is 6.36. The van der Waals surface area contributed by atoms with E-state index < -0.39 is 7.82 Å². The lowest BCUT2D eigenvalue weighted by atomic mass is 10.0. The zero-order chi connectivity index (χ0) is 30.1. The lowest BCUT2D eigenvalue weighted by Crippen LogP contribution is -1.92. The molecule has 0 atom stereocenters. The molecule has 0 radical (unpaired) electrons. The van der Waals surface area contributed by atoms with Gasteiger partial charge in [-0.3, -0.25) is 4.52 Å². The van der Waals surface area contributed by atoms with E-state index in [1.165, 1.54) is 180 Å². The molecule has 0 amide bonds. The van der Waals surface area contributed by atoms with Crippen LogP contribution in [0, 0.1) is 0 Å². The van der Waals surface area contributed by atoms with E-state index in [1.54, 1.807) is 0 Å². The van der Waals surface area contributed by atoms with Gasteiger partial charge < -0.3 is 9.79 Å². The van der Waals surface area contributed by atoms with Crippen LogP contribution < -0.4 is 0 Å². The summed E-state index contributed by atoms with van der Waals surface area (Å²) in [7, 11) is -4.27. The molecule has 0 saturated heterocycles. The average Bonchev–Trinajstić information content (AvgIpc) is 2.92. The van der Waals surface area contributed by atoms with Crippen molar-refractivity contribution in [1.82, 2.24) is 0 Å². The first-order chi connectivity index (χ1) is 19.9. The minimum absolute atomic E-state index is 0.168. The maximum absolute atomic E-state index is 10.6. The first-order valence-corrected chi connectivity index (χ1v) is 20.2. The summed E-state index contributed by atoms with van der Waals surface area (Å²) in [6.45, 7) is 0.168. The van der Waals surface area contributed by atoms with Gasteiger partial charge in [0.1, 0.15) is 0 Å². The highest BCUT2D eigenvalue weighted by Crippen LogP contribution is 2.35. The molecule has 0 bridgehead atoms. The second-order valence-electron chi connectivity index (χ2n) is 12.4. The predicted octanol–water partition coefficient (Wildman–Crippen LogP) is 12.8. The topological polar surface area (TPSA) is 66.8 Å². The number of phosphoric ester groups is 1. The predicted molar refractivity (Wildman–Crippen MR) is 187 cm³/mol. The molecule has 7 heteroatoms. The van der Waals surface area contributed by atoms with Gasteiger partial charge in [-0.2, -0.15) is 0 Å². The first-order valence-electron chi connectivity index (χ1n) is 17.8. The third-order valence-electron chi connectivity index (χ3n) is 8.29. The maximum Gasteiger partial charge on any atom is 0.469 e. The Morgan fingerprint density at radius 1 is 0.439 bits per heavy atom. The molecule has 41 heavy (non-hydrogen) atoms. The summed E-state index contributed by atoms with van der Waals surface area (Å²) in [5, 5.41) is 0. The normalized spacial score (nSPS) is 11.9. The van der Waals surface area contributed by atoms with Gasteiger partial charge in [0.15, 0.2) is 0 Å². The van der Waals surface area contributed by atoms with Gasteiger partial charge in [-0.15, -0.1) is 12.6 Å². The lowest BCUT2D eigenvalue weighted by Gasteiger charge is -2.05. The SMILES string of the molecule is O=P(O)(O)OCCCCCCCCCCCCCCCCCCCCCCCCCCCCCCCCCC(=S)S. The molecule has 0 heterocycles. The highest BCUT2D eigenvalue weighted by molar-refractivity contribution is 8.11. The smallest absolute Gasteiger partial charge is 0.303 e. The van der Waals surface area contributed by atoms with Crippen molar-refractivity contribution in [3.8, 4) is 0 Å². The molecule has 246 valence electrons. The number of thiol groups is 1. The Labute approximate surface area is 267 Å². The fourth-order valence-electron chi connectivity index (χ4n) is 5.69. The molecule has 0 saturated carbocycles. The van der Waals surface area contributed by atoms with Crippen LogP contribution in [0.25, 0.3) is 0 Å². The Kier molecular flexibility index (Phi) is 33.9. The molecule has 4 nitrogen and oxygen atoms in total. The van der Waals surface area contributed by atoms with Crippen molar-refractivity contribution in [3.05, 3.63) is 0 Å². The summed E-state index contributed by atoms with van der Waals surface area (Å²) in [6.07, 6.45) is 43.1. The number of thiocarbonyl (C=S) groups is 1. The van der Waals surface area contributed by atoms with E-state index in [0.29, 0.717) is 0 Å². The van der Waals surface area contributed by atoms with Crippen molar-refractivity contribution < 1.29 is 18.9 Å². The van der Waals surface area contributed by atoms with Crippen molar-refractivity contribution in [2.75, 3.05) is 6.61 Å². The summed E-state index contributed by atoms with van der Waals surface area (Å²) in [5.74, 6) is 0. The first kappa shape index (κ1) is 41.5. The van der Waals surface area contributed by atoms with Gasteiger partial charge in [-0.05, 0) is 19.3 Å². The summed E-state index contributed by atoms with van der Waals surface area (Å²) < 4.78 is 15.9. The van der Waals surface area contributed by atoms with E-state index in [1.807, 2.05) is 0 Å². The van der Waals surface area contributed by atoms with Gasteiger partial charge in [0.25, 0.3) is 0 Å². The maximum atomic E-state index is 10.6. The molecule has 0 fully saturated rings. The summed E-state index contributed by atoms with van der Waals surface area (Å²) in [6, 6.07) is 0. The quantitative estimate of drug-likeness (QED) is 0.0279. The minimum Gasteiger partial charge on any atom is -0.303 e. The number of rotatable bonds is 35. The second kappa shape index (κ2) is 33.4. The van der Waals surface area contributed by atoms with Crippen LogP contribution in [0.2, 0.25) is 0 Å². The second-order valence-corrected chi connectivity index (χ2v) is 15.0. The number of unbranched alkanes of at least 4 members (excludes halogenated alkanes) is 30. The summed E-state index contributed by atoms with van der Waals surface area (Å²) in [4.78, 5) is 17.3. The van der Waals surface area contributed by atoms with Crippen LogP contribution in [0.15, 0.2) is 0 Å². The van der Waals surface area contributed by atoms with Crippen LogP contribution in [0.3, 0.4) is 0 Å². The Hall–Kier alpha value is 0.550. The number of phosphoric acid groups is 1. The lowest BCUT2D eigenvalue weighted by molar-refractivity contribution is 0.193. The largest absolute Gasteiger partial charge is 0.469 e. The molecule has 0 spiro atoms. The van der Waals surface area contributed by atoms with Crippen molar-refractivity contribution in [2.45, 2.75) is 205 Å². The van der Waals surface area contributed by atoms with Crippen molar-refractivity contribution in [2.24, 2.45) is 0 Å². The highest BCUT2D eigenvalue weighted by Gasteiger charge is 2.12. The van der Waals surface area contributed by atoms with E-state index in [9.17, 15) is 4.57 Å². The van der Waals surface area contributed by atoms with Crippen LogP contribution in [0.1, 0.15) is 205 Å². The summed E-state index contributed by atoms with van der Waals surface area (Å²) >= 11 is 9.20. The average molecular weight is 637 g/mol. The van der Waals surface area contributed by atoms with Gasteiger partial charge in [-0.1, -0.05) is 198 Å². The highest BCUT2D eigenvalue weighted by atomic mass is 32.1. The molecule has 2 N–H and O–H groups in total. The summed E-state index contributed by atoms with van der Waals surface area (Å²) in [5.41, 5.74) is 0. The Bertz CT molecular complexity index is 585. The molecule has 0 aliphatic rings. The van der Waals surface area contributed by atoms with Gasteiger partial charge in [-0.25, -0.2) is 4.57 Å². The van der Waals surface area contributed by atoms with Gasteiger partial charge in [0.2, 0.25) is 0 Å². The third kappa shape index (κ3) is 40.5. The van der Waals surface area contributed by atoms with Crippen LogP contribution in [0.4, 0.5) is 0 Å². The molecular weight excluding hydrogens is 567 g/mol. The van der Waals surface area contributed by atoms with Gasteiger partial charge >= 0.3 is 7.82 Å². The molecular formula is C34H69O4PS2. The van der Waals surface area contributed by atoms with Gasteiger partial charge in [0.05, 0.1) is 6.61 Å². The van der Waals surface area contributed by atoms with Crippen LogP contribution in [-0.2, 0) is 9.09 Å². The van der Waals surface area contributed by atoms with Crippen LogP contribution in [-0.4, -0.2) is 20.6 Å². The van der Waals surface area contributed by atoms with E-state index in [0.717, 1.165) is 29.9 Å². The standard InChI is InChI=1S/C34H69O4PS2/c35-39(36,37)38-33-31-29-27-25-23-21-19-17-15-13-11-9-7-5-3-1-2-4-6-8-10-12-14-16-18-20-22-24-26-28-30-32-34(40)41/h1-33H2,(H,40,41)(H2,35,36,37). The van der Waals surface area contributed by atoms with E-state index in [2.05, 4.69) is 17.2 Å². The van der Waals surface area contributed by atoms with Crippen molar-refractivity contribution >= 4 is 36.9 Å². The van der Waals surface area contributed by atoms with E-state index >= 15 is 0 Å². The van der Waals surface area contributed by atoms with Crippen molar-refractivity contribution in [3.63, 3.8) is 0 Å².